The molecule has 1 aromatic heterocycles. The minimum absolute atomic E-state index is 0. The maximum absolute atomic E-state index is 12.4. The van der Waals surface area contributed by atoms with Crippen molar-refractivity contribution in [3.05, 3.63) is 42.2 Å². The summed E-state index contributed by atoms with van der Waals surface area (Å²) in [5, 5.41) is 0. The Kier molecular flexibility index (Phi) is 6.20. The van der Waals surface area contributed by atoms with E-state index < -0.39 is 0 Å². The molecule has 5 nitrogen and oxygen atoms in total. The number of carbonyl (C=O) groups excluding carboxylic acids is 1. The number of halogens is 2. The van der Waals surface area contributed by atoms with Gasteiger partial charge in [-0.1, -0.05) is 12.1 Å². The van der Waals surface area contributed by atoms with Crippen molar-refractivity contribution in [2.24, 2.45) is 5.73 Å². The molecule has 3 N–H and O–H groups in total. The Bertz CT molecular complexity index is 588. The van der Waals surface area contributed by atoms with E-state index in [0.29, 0.717) is 12.1 Å². The molecule has 0 unspecified atom stereocenters. The first-order chi connectivity index (χ1) is 9.24. The average molecular weight is 329 g/mol. The van der Waals surface area contributed by atoms with Crippen molar-refractivity contribution in [3.63, 3.8) is 0 Å². The first kappa shape index (κ1) is 17.5. The maximum atomic E-state index is 12.4. The summed E-state index contributed by atoms with van der Waals surface area (Å²) >= 11 is 0. The van der Waals surface area contributed by atoms with Crippen LogP contribution in [0.4, 0.5) is 0 Å². The summed E-state index contributed by atoms with van der Waals surface area (Å²) in [5.41, 5.74) is 7.44. The van der Waals surface area contributed by atoms with Gasteiger partial charge in [-0.2, -0.15) is 0 Å². The lowest BCUT2D eigenvalue weighted by Crippen LogP contribution is -2.31. The molecule has 114 valence electrons. The van der Waals surface area contributed by atoms with E-state index in [9.17, 15) is 4.79 Å². The van der Waals surface area contributed by atoms with Crippen LogP contribution in [0.5, 0.6) is 0 Å². The Morgan fingerprint density at radius 1 is 1.38 bits per heavy atom. The van der Waals surface area contributed by atoms with Crippen LogP contribution in [0.15, 0.2) is 36.7 Å². The van der Waals surface area contributed by atoms with Crippen LogP contribution in [-0.2, 0) is 0 Å². The molecular weight excluding hydrogens is 311 g/mol. The second-order valence-electron chi connectivity index (χ2n) is 4.82. The number of hydrogen-bond donors (Lipinski definition) is 2. The van der Waals surface area contributed by atoms with E-state index in [1.54, 1.807) is 12.4 Å². The second-order valence-corrected chi connectivity index (χ2v) is 4.82. The van der Waals surface area contributed by atoms with Crippen molar-refractivity contribution >= 4 is 30.7 Å². The van der Waals surface area contributed by atoms with Crippen molar-refractivity contribution < 1.29 is 4.79 Å². The Labute approximate surface area is 135 Å². The Morgan fingerprint density at radius 3 is 2.81 bits per heavy atom. The zero-order valence-electron chi connectivity index (χ0n) is 11.4. The normalized spacial score (nSPS) is 17.0. The highest BCUT2D eigenvalue weighted by atomic mass is 35.5. The van der Waals surface area contributed by atoms with Gasteiger partial charge in [0.1, 0.15) is 5.82 Å². The lowest BCUT2D eigenvalue weighted by molar-refractivity contribution is 0.0791. The lowest BCUT2D eigenvalue weighted by atomic mass is 10.1. The molecule has 1 saturated heterocycles. The van der Waals surface area contributed by atoms with Crippen LogP contribution in [0.3, 0.4) is 0 Å². The first-order valence-corrected chi connectivity index (χ1v) is 6.39. The van der Waals surface area contributed by atoms with Crippen LogP contribution in [0.25, 0.3) is 11.4 Å². The molecule has 2 aromatic rings. The summed E-state index contributed by atoms with van der Waals surface area (Å²) in [5.74, 6) is 0.814. The van der Waals surface area contributed by atoms with E-state index >= 15 is 0 Å². The van der Waals surface area contributed by atoms with Gasteiger partial charge in [-0.05, 0) is 18.6 Å². The van der Waals surface area contributed by atoms with Gasteiger partial charge in [0.05, 0.1) is 0 Å². The third-order valence-electron chi connectivity index (χ3n) is 3.39. The van der Waals surface area contributed by atoms with E-state index in [1.807, 2.05) is 29.2 Å². The summed E-state index contributed by atoms with van der Waals surface area (Å²) in [6, 6.07) is 7.62. The highest BCUT2D eigenvalue weighted by Crippen LogP contribution is 2.18. The van der Waals surface area contributed by atoms with Gasteiger partial charge in [-0.25, -0.2) is 4.98 Å². The number of aromatic nitrogens is 2. The van der Waals surface area contributed by atoms with Gasteiger partial charge in [0, 0.05) is 42.7 Å². The molecule has 0 spiro atoms. The summed E-state index contributed by atoms with van der Waals surface area (Å²) in [4.78, 5) is 21.4. The van der Waals surface area contributed by atoms with E-state index in [1.165, 1.54) is 0 Å². The monoisotopic (exact) mass is 328 g/mol. The molecule has 1 atom stereocenters. The SMILES string of the molecule is Cl.Cl.N[C@H]1CCN(C(=O)c2cccc(-c3ncc[nH]3)c2)C1. The van der Waals surface area contributed by atoms with Crippen molar-refractivity contribution in [1.82, 2.24) is 14.9 Å². The highest BCUT2D eigenvalue weighted by molar-refractivity contribution is 5.95. The van der Waals surface area contributed by atoms with Gasteiger partial charge in [-0.3, -0.25) is 4.79 Å². The van der Waals surface area contributed by atoms with Crippen molar-refractivity contribution in [2.75, 3.05) is 13.1 Å². The number of nitrogens with two attached hydrogens (primary N) is 1. The molecule has 1 aliphatic heterocycles. The smallest absolute Gasteiger partial charge is 0.253 e. The third-order valence-corrected chi connectivity index (χ3v) is 3.39. The number of nitrogens with zero attached hydrogens (tertiary/aromatic N) is 2. The van der Waals surface area contributed by atoms with Crippen LogP contribution < -0.4 is 5.73 Å². The summed E-state index contributed by atoms with van der Waals surface area (Å²) in [7, 11) is 0. The van der Waals surface area contributed by atoms with Crippen LogP contribution in [0.2, 0.25) is 0 Å². The fourth-order valence-corrected chi connectivity index (χ4v) is 2.38. The number of imidazole rings is 1. The highest BCUT2D eigenvalue weighted by Gasteiger charge is 2.24. The zero-order chi connectivity index (χ0) is 13.2. The quantitative estimate of drug-likeness (QED) is 0.886. The van der Waals surface area contributed by atoms with Gasteiger partial charge in [0.2, 0.25) is 0 Å². The number of benzene rings is 1. The molecule has 1 amide bonds. The third kappa shape index (κ3) is 3.75. The molecular formula is C14H18Cl2N4O. The van der Waals surface area contributed by atoms with Crippen LogP contribution in [0.1, 0.15) is 16.8 Å². The Morgan fingerprint density at radius 2 is 2.19 bits per heavy atom. The number of rotatable bonds is 2. The van der Waals surface area contributed by atoms with Gasteiger partial charge >= 0.3 is 0 Å². The zero-order valence-corrected chi connectivity index (χ0v) is 13.0. The minimum Gasteiger partial charge on any atom is -0.345 e. The topological polar surface area (TPSA) is 75.0 Å². The Balaban J connectivity index is 0.00000110. The summed E-state index contributed by atoms with van der Waals surface area (Å²) < 4.78 is 0. The molecule has 0 bridgehead atoms. The maximum Gasteiger partial charge on any atom is 0.253 e. The predicted molar refractivity (Wildman–Crippen MR) is 87.0 cm³/mol. The molecule has 0 saturated carbocycles. The first-order valence-electron chi connectivity index (χ1n) is 6.39. The van der Waals surface area contributed by atoms with E-state index in [-0.39, 0.29) is 36.8 Å². The Hall–Kier alpha value is -1.56. The number of nitrogens with one attached hydrogen (secondary N) is 1. The number of H-pyrrole nitrogens is 1. The predicted octanol–water partition coefficient (Wildman–Crippen LogP) is 2.09. The van der Waals surface area contributed by atoms with Crippen LogP contribution in [-0.4, -0.2) is 39.9 Å². The van der Waals surface area contributed by atoms with Crippen molar-refractivity contribution in [3.8, 4) is 11.4 Å². The molecule has 1 fully saturated rings. The number of carbonyl (C=O) groups is 1. The molecule has 7 heteroatoms. The van der Waals surface area contributed by atoms with Crippen molar-refractivity contribution in [1.29, 1.82) is 0 Å². The minimum atomic E-state index is 0. The van der Waals surface area contributed by atoms with Gasteiger partial charge in [0.25, 0.3) is 5.91 Å². The van der Waals surface area contributed by atoms with E-state index in [0.717, 1.165) is 24.4 Å². The number of likely N-dealkylation sites (tertiary alicyclic amines) is 1. The molecule has 1 aromatic carbocycles. The van der Waals surface area contributed by atoms with E-state index in [2.05, 4.69) is 9.97 Å². The largest absolute Gasteiger partial charge is 0.345 e. The number of aromatic amines is 1. The average Bonchev–Trinajstić information content (AvgIpc) is 3.09. The van der Waals surface area contributed by atoms with Gasteiger partial charge < -0.3 is 15.6 Å². The summed E-state index contributed by atoms with van der Waals surface area (Å²) in [6.45, 7) is 1.38. The standard InChI is InChI=1S/C14H16N4O.2ClH/c15-12-4-7-18(9-12)14(19)11-3-1-2-10(8-11)13-16-5-6-17-13;;/h1-3,5-6,8,12H,4,7,9,15H2,(H,16,17);2*1H/t12-;;/m0../s1. The fraction of sp³-hybridized carbons (Fsp3) is 0.286. The number of hydrogen-bond acceptors (Lipinski definition) is 3. The molecule has 0 aliphatic carbocycles. The molecule has 0 radical (unpaired) electrons. The number of amides is 1. The molecule has 21 heavy (non-hydrogen) atoms. The van der Waals surface area contributed by atoms with Gasteiger partial charge in [-0.15, -0.1) is 24.8 Å². The fourth-order valence-electron chi connectivity index (χ4n) is 2.38. The molecule has 3 rings (SSSR count). The van der Waals surface area contributed by atoms with Gasteiger partial charge in [0.15, 0.2) is 0 Å². The summed E-state index contributed by atoms with van der Waals surface area (Å²) in [6.07, 6.45) is 4.34. The second kappa shape index (κ2) is 7.45. The van der Waals surface area contributed by atoms with Crippen molar-refractivity contribution in [2.45, 2.75) is 12.5 Å². The molecule has 1 aliphatic rings. The van der Waals surface area contributed by atoms with E-state index in [4.69, 9.17) is 5.73 Å². The van der Waals surface area contributed by atoms with Crippen LogP contribution in [0, 0.1) is 0 Å². The van der Waals surface area contributed by atoms with Crippen LogP contribution >= 0.6 is 24.8 Å². The lowest BCUT2D eigenvalue weighted by Gasteiger charge is -2.16. The molecule has 2 heterocycles.